The van der Waals surface area contributed by atoms with E-state index in [1.807, 2.05) is 43.2 Å². The lowest BCUT2D eigenvalue weighted by atomic mass is 10.0. The van der Waals surface area contributed by atoms with Gasteiger partial charge in [0.2, 0.25) is 0 Å². The third-order valence-electron chi connectivity index (χ3n) is 2.98. The van der Waals surface area contributed by atoms with Gasteiger partial charge in [0.1, 0.15) is 11.7 Å². The lowest BCUT2D eigenvalue weighted by Crippen LogP contribution is -1.98. The number of hydrogen-bond acceptors (Lipinski definition) is 3. The number of carbonyl (C=O) groups excluding carboxylic acids is 1. The summed E-state index contributed by atoms with van der Waals surface area (Å²) in [5.41, 5.74) is 0. The first-order valence-corrected chi connectivity index (χ1v) is 7.17. The Morgan fingerprint density at radius 2 is 1.33 bits per heavy atom. The van der Waals surface area contributed by atoms with E-state index in [1.165, 1.54) is 6.07 Å². The van der Waals surface area contributed by atoms with Crippen molar-refractivity contribution in [1.82, 2.24) is 0 Å². The van der Waals surface area contributed by atoms with Crippen molar-refractivity contribution in [3.8, 4) is 0 Å². The van der Waals surface area contributed by atoms with Crippen LogP contribution in [-0.2, 0) is 14.9 Å². The van der Waals surface area contributed by atoms with Gasteiger partial charge in [0, 0.05) is 22.7 Å². The van der Waals surface area contributed by atoms with Crippen LogP contribution in [0.4, 0.5) is 0 Å². The number of hydrogen-bond donors (Lipinski definition) is 1. The predicted molar refractivity (Wildman–Crippen MR) is 84.1 cm³/mol. The van der Waals surface area contributed by atoms with Gasteiger partial charge in [-0.3, -0.25) is 4.55 Å². The van der Waals surface area contributed by atoms with Crippen molar-refractivity contribution in [2.75, 3.05) is 0 Å². The van der Waals surface area contributed by atoms with E-state index in [1.54, 1.807) is 12.1 Å². The maximum Gasteiger partial charge on any atom is 0.295 e. The zero-order valence-electron chi connectivity index (χ0n) is 11.1. The molecule has 0 amide bonds. The maximum atomic E-state index is 11.3. The third-order valence-corrected chi connectivity index (χ3v) is 3.90. The molecule has 3 aromatic rings. The molecule has 0 spiro atoms. The lowest BCUT2D eigenvalue weighted by Gasteiger charge is -2.05. The summed E-state index contributed by atoms with van der Waals surface area (Å²) in [4.78, 5) is 7.95. The van der Waals surface area contributed by atoms with Crippen LogP contribution in [0.1, 0.15) is 0 Å². The van der Waals surface area contributed by atoms with Gasteiger partial charge in [0.05, 0.1) is 0 Å². The van der Waals surface area contributed by atoms with E-state index < -0.39 is 10.1 Å². The number of fused-ring (bicyclic) bond motifs is 2. The number of carbonyl (C=O) groups is 1. The number of rotatable bonds is 1. The highest BCUT2D eigenvalue weighted by molar-refractivity contribution is 7.86. The Bertz CT molecular complexity index is 875. The fourth-order valence-electron chi connectivity index (χ4n) is 2.16. The summed E-state index contributed by atoms with van der Waals surface area (Å²) < 4.78 is 31.9. The molecule has 0 fully saturated rings. The molecule has 0 aliphatic heterocycles. The molecule has 0 unspecified atom stereocenters. The predicted octanol–water partition coefficient (Wildman–Crippen LogP) is 2.67. The van der Waals surface area contributed by atoms with Crippen LogP contribution in [-0.4, -0.2) is 37.1 Å². The molecule has 105 valence electrons. The molecule has 3 aromatic carbocycles. The molecule has 0 bridgehead atoms. The number of benzene rings is 3. The van der Waals surface area contributed by atoms with E-state index in [9.17, 15) is 13.0 Å². The molecule has 0 aliphatic carbocycles. The average molecular weight is 315 g/mol. The van der Waals surface area contributed by atoms with Gasteiger partial charge in [0.25, 0.3) is 10.1 Å². The first-order valence-electron chi connectivity index (χ1n) is 5.73. The van der Waals surface area contributed by atoms with Crippen LogP contribution in [0.25, 0.3) is 21.5 Å². The summed E-state index contributed by atoms with van der Waals surface area (Å²) in [7, 11) is -4.20. The molecule has 0 saturated carbocycles. The highest BCUT2D eigenvalue weighted by Crippen LogP contribution is 2.27. The van der Waals surface area contributed by atoms with Crippen LogP contribution >= 0.6 is 0 Å². The van der Waals surface area contributed by atoms with Gasteiger partial charge in [-0.2, -0.15) is 8.42 Å². The molecule has 3 radical (unpaired) electrons. The quantitative estimate of drug-likeness (QED) is 0.426. The molecule has 21 heavy (non-hydrogen) atoms. The van der Waals surface area contributed by atoms with Crippen LogP contribution in [0.3, 0.4) is 0 Å². The largest absolute Gasteiger partial charge is 0.307 e. The zero-order valence-corrected chi connectivity index (χ0v) is 13.0. The minimum atomic E-state index is -4.20. The van der Waals surface area contributed by atoms with E-state index in [0.717, 1.165) is 16.2 Å². The Morgan fingerprint density at radius 1 is 0.810 bits per heavy atom. The zero-order chi connectivity index (χ0) is 14.8. The van der Waals surface area contributed by atoms with Gasteiger partial charge < -0.3 is 4.79 Å². The van der Waals surface area contributed by atoms with Crippen molar-refractivity contribution < 1.29 is 17.8 Å². The summed E-state index contributed by atoms with van der Waals surface area (Å²) in [6.07, 6.45) is 0. The Kier molecular flexibility index (Phi) is 5.64. The SMILES string of the molecule is C=O.O=S(=O)(O)c1cccc2cc3ccccc3cc12.[Al]. The molecule has 0 saturated heterocycles. The van der Waals surface area contributed by atoms with E-state index in [-0.39, 0.29) is 22.3 Å². The molecule has 4 nitrogen and oxygen atoms in total. The normalized spacial score (nSPS) is 10.5. The molecule has 0 atom stereocenters. The Balaban J connectivity index is 0.000000706. The molecular weight excluding hydrogens is 303 g/mol. The Hall–Kier alpha value is -1.71. The van der Waals surface area contributed by atoms with Gasteiger partial charge >= 0.3 is 0 Å². The first-order chi connectivity index (χ1) is 9.55. The minimum absolute atomic E-state index is 0. The molecule has 0 aliphatic rings. The van der Waals surface area contributed by atoms with Crippen LogP contribution in [0.2, 0.25) is 0 Å². The summed E-state index contributed by atoms with van der Waals surface area (Å²) >= 11 is 0. The van der Waals surface area contributed by atoms with Crippen molar-refractivity contribution >= 4 is 55.8 Å². The lowest BCUT2D eigenvalue weighted by molar-refractivity contribution is -0.0979. The summed E-state index contributed by atoms with van der Waals surface area (Å²) in [6.45, 7) is 2.00. The Labute approximate surface area is 133 Å². The smallest absolute Gasteiger partial charge is 0.295 e. The molecule has 0 heterocycles. The standard InChI is InChI=1S/C14H10O3S.CH2O.Al/c15-18(16,17)14-7-3-6-12-8-10-4-1-2-5-11(10)9-13(12)14;1-2;/h1-9H,(H,15,16,17);1H2;. The molecule has 6 heteroatoms. The van der Waals surface area contributed by atoms with Gasteiger partial charge in [-0.1, -0.05) is 36.4 Å². The summed E-state index contributed by atoms with van der Waals surface area (Å²) in [5.74, 6) is 0. The highest BCUT2D eigenvalue weighted by atomic mass is 32.2. The second kappa shape index (κ2) is 6.83. The Morgan fingerprint density at radius 3 is 1.90 bits per heavy atom. The van der Waals surface area contributed by atoms with Gasteiger partial charge in [-0.25, -0.2) is 0 Å². The molecule has 0 aromatic heterocycles. The first kappa shape index (κ1) is 17.3. The van der Waals surface area contributed by atoms with Crippen LogP contribution in [0, 0.1) is 0 Å². The second-order valence-corrected chi connectivity index (χ2v) is 5.54. The average Bonchev–Trinajstić information content (AvgIpc) is 2.45. The topological polar surface area (TPSA) is 71.4 Å². The fourth-order valence-corrected chi connectivity index (χ4v) is 2.87. The summed E-state index contributed by atoms with van der Waals surface area (Å²) in [5, 5.41) is 3.32. The molecule has 1 N–H and O–H groups in total. The van der Waals surface area contributed by atoms with Gasteiger partial charge in [-0.05, 0) is 34.4 Å². The van der Waals surface area contributed by atoms with E-state index in [4.69, 9.17) is 4.79 Å². The fraction of sp³-hybridized carbons (Fsp3) is 0. The van der Waals surface area contributed by atoms with E-state index in [0.29, 0.717) is 5.39 Å². The second-order valence-electron chi connectivity index (χ2n) is 4.15. The highest BCUT2D eigenvalue weighted by Gasteiger charge is 2.13. The van der Waals surface area contributed by atoms with Crippen LogP contribution in [0.15, 0.2) is 59.5 Å². The van der Waals surface area contributed by atoms with Crippen LogP contribution < -0.4 is 0 Å². The maximum absolute atomic E-state index is 11.3. The van der Waals surface area contributed by atoms with Crippen molar-refractivity contribution in [3.05, 3.63) is 54.6 Å². The van der Waals surface area contributed by atoms with E-state index >= 15 is 0 Å². The van der Waals surface area contributed by atoms with Crippen molar-refractivity contribution in [1.29, 1.82) is 0 Å². The van der Waals surface area contributed by atoms with E-state index in [2.05, 4.69) is 0 Å². The molecular formula is C15H12AlO4S. The van der Waals surface area contributed by atoms with Gasteiger partial charge in [0.15, 0.2) is 0 Å². The monoisotopic (exact) mass is 315 g/mol. The summed E-state index contributed by atoms with van der Waals surface area (Å²) in [6, 6.07) is 16.3. The van der Waals surface area contributed by atoms with Crippen LogP contribution in [0.5, 0.6) is 0 Å². The van der Waals surface area contributed by atoms with Crippen molar-refractivity contribution in [2.45, 2.75) is 4.90 Å². The van der Waals surface area contributed by atoms with Crippen molar-refractivity contribution in [2.24, 2.45) is 0 Å². The third kappa shape index (κ3) is 3.49. The minimum Gasteiger partial charge on any atom is -0.307 e. The van der Waals surface area contributed by atoms with Crippen molar-refractivity contribution in [3.63, 3.8) is 0 Å². The molecule has 3 rings (SSSR count). The van der Waals surface area contributed by atoms with Gasteiger partial charge in [-0.15, -0.1) is 0 Å².